The normalized spacial score (nSPS) is 34.4. The lowest BCUT2D eigenvalue weighted by Crippen LogP contribution is -2.48. The number of epoxide rings is 1. The van der Waals surface area contributed by atoms with Crippen molar-refractivity contribution in [2.75, 3.05) is 26.2 Å². The first-order chi connectivity index (χ1) is 16.9. The predicted molar refractivity (Wildman–Crippen MR) is 127 cm³/mol. The highest BCUT2D eigenvalue weighted by Gasteiger charge is 2.59. The molecule has 8 heteroatoms. The van der Waals surface area contributed by atoms with Crippen molar-refractivity contribution in [2.24, 2.45) is 5.92 Å². The molecule has 5 unspecified atom stereocenters. The van der Waals surface area contributed by atoms with Gasteiger partial charge in [0.2, 0.25) is 6.29 Å². The molecule has 1 aromatic rings. The van der Waals surface area contributed by atoms with Gasteiger partial charge in [-0.1, -0.05) is 24.3 Å². The highest BCUT2D eigenvalue weighted by Crippen LogP contribution is 2.46. The maximum atomic E-state index is 12.3. The maximum Gasteiger partial charge on any atom is 0.339 e. The zero-order chi connectivity index (χ0) is 24.3. The van der Waals surface area contributed by atoms with Crippen molar-refractivity contribution >= 4 is 5.97 Å². The Morgan fingerprint density at radius 1 is 1.31 bits per heavy atom. The van der Waals surface area contributed by atoms with Crippen molar-refractivity contribution in [3.8, 4) is 0 Å². The van der Waals surface area contributed by atoms with Crippen molar-refractivity contribution in [1.29, 1.82) is 0 Å². The molecule has 1 aromatic carbocycles. The summed E-state index contributed by atoms with van der Waals surface area (Å²) in [6, 6.07) is 5.70. The third-order valence-electron chi connectivity index (χ3n) is 8.14. The number of benzene rings is 1. The van der Waals surface area contributed by atoms with Gasteiger partial charge in [0.25, 0.3) is 0 Å². The van der Waals surface area contributed by atoms with Crippen molar-refractivity contribution in [3.05, 3.63) is 70.0 Å². The molecule has 6 atom stereocenters. The van der Waals surface area contributed by atoms with Gasteiger partial charge in [-0.15, -0.1) is 0 Å². The third kappa shape index (κ3) is 3.75. The average molecular weight is 481 g/mol. The van der Waals surface area contributed by atoms with E-state index >= 15 is 0 Å². The smallest absolute Gasteiger partial charge is 0.339 e. The van der Waals surface area contributed by atoms with Crippen LogP contribution in [0.5, 0.6) is 0 Å². The van der Waals surface area contributed by atoms with Crippen LogP contribution in [0, 0.1) is 12.8 Å². The Balaban J connectivity index is 1.13. The molecule has 3 N–H and O–H groups in total. The average Bonchev–Trinajstić information content (AvgIpc) is 3.26. The van der Waals surface area contributed by atoms with E-state index in [2.05, 4.69) is 16.3 Å². The Morgan fingerprint density at radius 2 is 2.14 bits per heavy atom. The fraction of sp³-hybridized carbons (Fsp3) is 0.519. The van der Waals surface area contributed by atoms with Crippen LogP contribution in [0.2, 0.25) is 0 Å². The summed E-state index contributed by atoms with van der Waals surface area (Å²) in [7, 11) is 0. The Kier molecular flexibility index (Phi) is 5.62. The lowest BCUT2D eigenvalue weighted by Gasteiger charge is -2.31. The topological polar surface area (TPSA) is 104 Å². The molecule has 0 spiro atoms. The van der Waals surface area contributed by atoms with Gasteiger partial charge in [-0.25, -0.2) is 4.79 Å². The van der Waals surface area contributed by atoms with Crippen LogP contribution in [0.1, 0.15) is 47.4 Å². The van der Waals surface area contributed by atoms with Gasteiger partial charge in [0, 0.05) is 41.8 Å². The number of ether oxygens (including phenoxy) is 3. The minimum Gasteiger partial charge on any atom is -0.500 e. The SMILES string of the molecule is CC1=C(C2(NCC3CCCN3C[C@@H](O)C3OC(=O)c4cccc(C)c43)OC2O)C=CC2COC=C12. The Morgan fingerprint density at radius 3 is 2.94 bits per heavy atom. The standard InChI is InChI=1S/C27H32N2O6/c1-15-5-3-7-19-23(15)24(34-25(19)31)22(30)12-29-10-4-6-18(29)11-28-27(26(32)35-27)21-9-8-17-13-33-14-20(17)16(21)2/h3,5,7-9,14,17-18,22,24,26,28,30,32H,4,6,10-13H2,1-2H3/t17?,18?,22-,24?,26?,27?/m1/s1. The molecule has 6 rings (SSSR count). The fourth-order valence-corrected chi connectivity index (χ4v) is 6.12. The Hall–Kier alpha value is -2.49. The summed E-state index contributed by atoms with van der Waals surface area (Å²) in [5, 5.41) is 25.0. The fourth-order valence-electron chi connectivity index (χ4n) is 6.12. The molecule has 8 nitrogen and oxygen atoms in total. The van der Waals surface area contributed by atoms with Crippen LogP contribution in [-0.2, 0) is 14.2 Å². The number of carbonyl (C=O) groups excluding carboxylic acids is 1. The molecule has 5 aliphatic rings. The van der Waals surface area contributed by atoms with Gasteiger partial charge in [0.05, 0.1) is 18.4 Å². The quantitative estimate of drug-likeness (QED) is 0.403. The van der Waals surface area contributed by atoms with E-state index in [1.54, 1.807) is 6.07 Å². The Bertz CT molecular complexity index is 1140. The number of nitrogens with one attached hydrogen (secondary N) is 1. The van der Waals surface area contributed by atoms with Gasteiger partial charge < -0.3 is 24.4 Å². The minimum atomic E-state index is -0.918. The van der Waals surface area contributed by atoms with Crippen LogP contribution in [0.15, 0.2) is 53.3 Å². The number of likely N-dealkylation sites (tertiary alicyclic amines) is 1. The largest absolute Gasteiger partial charge is 0.500 e. The van der Waals surface area contributed by atoms with Gasteiger partial charge in [-0.05, 0) is 50.4 Å². The number of aliphatic hydroxyl groups excluding tert-OH is 2. The number of esters is 1. The predicted octanol–water partition coefficient (Wildman–Crippen LogP) is 2.08. The van der Waals surface area contributed by atoms with E-state index < -0.39 is 24.2 Å². The molecule has 0 radical (unpaired) electrons. The van der Waals surface area contributed by atoms with Crippen LogP contribution in [0.3, 0.4) is 0 Å². The molecule has 4 aliphatic heterocycles. The van der Waals surface area contributed by atoms with Crippen LogP contribution in [0.25, 0.3) is 0 Å². The molecule has 35 heavy (non-hydrogen) atoms. The summed E-state index contributed by atoms with van der Waals surface area (Å²) in [6.45, 7) is 6.50. The molecule has 0 amide bonds. The number of β-amino-alcohol motifs (C(OH)–C–C–N with tert-alkyl or cyclic N) is 1. The third-order valence-corrected chi connectivity index (χ3v) is 8.14. The zero-order valence-corrected chi connectivity index (χ0v) is 20.1. The van der Waals surface area contributed by atoms with Crippen LogP contribution in [-0.4, -0.2) is 71.5 Å². The molecule has 1 aliphatic carbocycles. The summed E-state index contributed by atoms with van der Waals surface area (Å²) in [5.74, 6) is -0.111. The number of aryl methyl sites for hydroxylation is 1. The lowest BCUT2D eigenvalue weighted by atomic mass is 9.84. The number of aliphatic hydroxyl groups is 2. The summed E-state index contributed by atoms with van der Waals surface area (Å²) >= 11 is 0. The highest BCUT2D eigenvalue weighted by atomic mass is 16.7. The first kappa shape index (κ1) is 22.9. The second-order valence-electron chi connectivity index (χ2n) is 10.2. The van der Waals surface area contributed by atoms with Crippen molar-refractivity contribution in [3.63, 3.8) is 0 Å². The highest BCUT2D eigenvalue weighted by molar-refractivity contribution is 5.94. The van der Waals surface area contributed by atoms with E-state index in [9.17, 15) is 15.0 Å². The molecule has 2 fully saturated rings. The molecular formula is C27H32N2O6. The first-order valence-corrected chi connectivity index (χ1v) is 12.4. The molecular weight excluding hydrogens is 448 g/mol. The van der Waals surface area contributed by atoms with Crippen molar-refractivity contribution < 1.29 is 29.2 Å². The monoisotopic (exact) mass is 480 g/mol. The van der Waals surface area contributed by atoms with Gasteiger partial charge in [0.1, 0.15) is 6.10 Å². The lowest BCUT2D eigenvalue weighted by molar-refractivity contribution is -0.0233. The van der Waals surface area contributed by atoms with Crippen molar-refractivity contribution in [1.82, 2.24) is 10.2 Å². The summed E-state index contributed by atoms with van der Waals surface area (Å²) in [5.41, 5.74) is 4.53. The summed E-state index contributed by atoms with van der Waals surface area (Å²) in [4.78, 5) is 14.6. The number of fused-ring (bicyclic) bond motifs is 2. The van der Waals surface area contributed by atoms with Gasteiger partial charge in [0.15, 0.2) is 11.8 Å². The van der Waals surface area contributed by atoms with E-state index in [-0.39, 0.29) is 17.9 Å². The van der Waals surface area contributed by atoms with E-state index in [0.29, 0.717) is 25.3 Å². The molecule has 4 heterocycles. The summed E-state index contributed by atoms with van der Waals surface area (Å²) in [6.07, 6.45) is 5.57. The van der Waals surface area contributed by atoms with E-state index in [0.717, 1.165) is 47.2 Å². The Labute approximate surface area is 204 Å². The molecule has 186 valence electrons. The number of hydrogen-bond donors (Lipinski definition) is 3. The van der Waals surface area contributed by atoms with Crippen LogP contribution < -0.4 is 5.32 Å². The number of allylic oxidation sites excluding steroid dienone is 1. The van der Waals surface area contributed by atoms with E-state index in [1.165, 1.54) is 0 Å². The summed E-state index contributed by atoms with van der Waals surface area (Å²) < 4.78 is 16.8. The maximum absolute atomic E-state index is 12.3. The zero-order valence-electron chi connectivity index (χ0n) is 20.1. The molecule has 2 saturated heterocycles. The van der Waals surface area contributed by atoms with Crippen molar-refractivity contribution in [2.45, 2.75) is 57.0 Å². The number of carbonyl (C=O) groups is 1. The number of cyclic esters (lactones) is 1. The number of hydrogen-bond acceptors (Lipinski definition) is 8. The van der Waals surface area contributed by atoms with Gasteiger partial charge in [-0.3, -0.25) is 10.2 Å². The first-order valence-electron chi connectivity index (χ1n) is 12.4. The minimum absolute atomic E-state index is 0.168. The number of rotatable bonds is 7. The van der Waals surface area contributed by atoms with Gasteiger partial charge >= 0.3 is 5.97 Å². The van der Waals surface area contributed by atoms with E-state index in [4.69, 9.17) is 14.2 Å². The van der Waals surface area contributed by atoms with E-state index in [1.807, 2.05) is 38.3 Å². The molecule has 0 aromatic heterocycles. The number of nitrogens with zero attached hydrogens (tertiary/aromatic N) is 1. The van der Waals surface area contributed by atoms with Crippen LogP contribution in [0.4, 0.5) is 0 Å². The van der Waals surface area contributed by atoms with Crippen LogP contribution >= 0.6 is 0 Å². The van der Waals surface area contributed by atoms with Gasteiger partial charge in [-0.2, -0.15) is 0 Å². The molecule has 0 bridgehead atoms. The second-order valence-corrected chi connectivity index (χ2v) is 10.2. The second kappa shape index (κ2) is 8.57. The molecule has 0 saturated carbocycles.